The standard InChI is InChI=1S/C21H22FN3O3S2/c1-4-13-25(21-23-17-9-7-8-10-18(17)29-21)20(26)15-11-12-16(22)19(14-15)30(27,28)24(5-2)6-3/h4,7-12,14H,1,5-6,13H2,2-3H3. The van der Waals surface area contributed by atoms with Crippen molar-refractivity contribution >= 4 is 42.6 Å². The summed E-state index contributed by atoms with van der Waals surface area (Å²) < 4.78 is 42.1. The van der Waals surface area contributed by atoms with E-state index >= 15 is 0 Å². The fourth-order valence-electron chi connectivity index (χ4n) is 3.04. The van der Waals surface area contributed by atoms with E-state index < -0.39 is 26.6 Å². The molecule has 0 saturated heterocycles. The fraction of sp³-hybridized carbons (Fsp3) is 0.238. The number of aromatic nitrogens is 1. The number of thiazole rings is 1. The van der Waals surface area contributed by atoms with Gasteiger partial charge in [-0.15, -0.1) is 6.58 Å². The molecule has 1 amide bonds. The third kappa shape index (κ3) is 4.14. The number of benzene rings is 2. The molecular weight excluding hydrogens is 425 g/mol. The lowest BCUT2D eigenvalue weighted by Crippen LogP contribution is -2.33. The number of carbonyl (C=O) groups is 1. The number of hydrogen-bond acceptors (Lipinski definition) is 5. The van der Waals surface area contributed by atoms with Crippen LogP contribution in [0.25, 0.3) is 10.2 Å². The van der Waals surface area contributed by atoms with Crippen LogP contribution in [0.1, 0.15) is 24.2 Å². The third-order valence-corrected chi connectivity index (χ3v) is 7.70. The highest BCUT2D eigenvalue weighted by Gasteiger charge is 2.28. The van der Waals surface area contributed by atoms with Crippen molar-refractivity contribution in [3.63, 3.8) is 0 Å². The van der Waals surface area contributed by atoms with E-state index in [1.807, 2.05) is 24.3 Å². The van der Waals surface area contributed by atoms with Crippen LogP contribution in [0.3, 0.4) is 0 Å². The van der Waals surface area contributed by atoms with Gasteiger partial charge in [0.15, 0.2) is 5.13 Å². The predicted octanol–water partition coefficient (Wildman–Crippen LogP) is 4.30. The Labute approximate surface area is 179 Å². The largest absolute Gasteiger partial charge is 0.280 e. The molecule has 6 nitrogen and oxygen atoms in total. The zero-order valence-corrected chi connectivity index (χ0v) is 18.3. The van der Waals surface area contributed by atoms with Gasteiger partial charge in [-0.1, -0.05) is 43.4 Å². The summed E-state index contributed by atoms with van der Waals surface area (Å²) in [6.07, 6.45) is 1.56. The molecular formula is C21H22FN3O3S2. The zero-order valence-electron chi connectivity index (χ0n) is 16.7. The predicted molar refractivity (Wildman–Crippen MR) is 118 cm³/mol. The maximum atomic E-state index is 14.4. The van der Waals surface area contributed by atoms with Crippen LogP contribution in [0.4, 0.5) is 9.52 Å². The molecule has 0 atom stereocenters. The monoisotopic (exact) mass is 447 g/mol. The summed E-state index contributed by atoms with van der Waals surface area (Å²) in [4.78, 5) is 18.6. The lowest BCUT2D eigenvalue weighted by Gasteiger charge is -2.21. The number of rotatable bonds is 8. The molecule has 30 heavy (non-hydrogen) atoms. The first kappa shape index (κ1) is 22.1. The van der Waals surface area contributed by atoms with E-state index in [0.717, 1.165) is 26.7 Å². The van der Waals surface area contributed by atoms with Gasteiger partial charge in [-0.05, 0) is 30.3 Å². The van der Waals surface area contributed by atoms with E-state index in [1.165, 1.54) is 22.3 Å². The molecule has 0 aliphatic heterocycles. The Bertz CT molecular complexity index is 1150. The molecule has 0 fully saturated rings. The fourth-order valence-corrected chi connectivity index (χ4v) is 5.57. The quantitative estimate of drug-likeness (QED) is 0.483. The number of sulfonamides is 1. The molecule has 3 rings (SSSR count). The molecule has 0 spiro atoms. The Morgan fingerprint density at radius 3 is 2.53 bits per heavy atom. The summed E-state index contributed by atoms with van der Waals surface area (Å²) in [5.74, 6) is -1.38. The van der Waals surface area contributed by atoms with Crippen LogP contribution in [0.5, 0.6) is 0 Å². The van der Waals surface area contributed by atoms with Crippen LogP contribution < -0.4 is 4.90 Å². The first-order valence-corrected chi connectivity index (χ1v) is 11.7. The van der Waals surface area contributed by atoms with Gasteiger partial charge in [0, 0.05) is 25.2 Å². The number of para-hydroxylation sites is 1. The summed E-state index contributed by atoms with van der Waals surface area (Å²) in [5, 5.41) is 0.457. The molecule has 1 heterocycles. The summed E-state index contributed by atoms with van der Waals surface area (Å²) in [5.41, 5.74) is 0.812. The second-order valence-corrected chi connectivity index (χ2v) is 9.32. The Kier molecular flexibility index (Phi) is 6.64. The summed E-state index contributed by atoms with van der Waals surface area (Å²) in [6.45, 7) is 7.61. The SMILES string of the molecule is C=CCN(C(=O)c1ccc(F)c(S(=O)(=O)N(CC)CC)c1)c1nc2ccccc2s1. The minimum Gasteiger partial charge on any atom is -0.280 e. The lowest BCUT2D eigenvalue weighted by molar-refractivity contribution is 0.0989. The van der Waals surface area contributed by atoms with Crippen molar-refractivity contribution in [3.8, 4) is 0 Å². The van der Waals surface area contributed by atoms with Crippen LogP contribution in [-0.2, 0) is 10.0 Å². The van der Waals surface area contributed by atoms with Crippen molar-refractivity contribution in [2.75, 3.05) is 24.5 Å². The molecule has 9 heteroatoms. The van der Waals surface area contributed by atoms with Crippen molar-refractivity contribution in [1.29, 1.82) is 0 Å². The average Bonchev–Trinajstić information content (AvgIpc) is 3.16. The lowest BCUT2D eigenvalue weighted by atomic mass is 10.2. The minimum absolute atomic E-state index is 0.0586. The summed E-state index contributed by atoms with van der Waals surface area (Å²) >= 11 is 1.34. The van der Waals surface area contributed by atoms with Crippen LogP contribution in [0, 0.1) is 5.82 Å². The normalized spacial score (nSPS) is 11.7. The first-order chi connectivity index (χ1) is 14.3. The van der Waals surface area contributed by atoms with Crippen LogP contribution in [0.2, 0.25) is 0 Å². The van der Waals surface area contributed by atoms with Gasteiger partial charge in [0.1, 0.15) is 10.7 Å². The Balaban J connectivity index is 2.05. The molecule has 1 aromatic heterocycles. The Hall–Kier alpha value is -2.62. The molecule has 0 radical (unpaired) electrons. The molecule has 0 saturated carbocycles. The van der Waals surface area contributed by atoms with E-state index in [1.54, 1.807) is 19.9 Å². The van der Waals surface area contributed by atoms with E-state index in [4.69, 9.17) is 0 Å². The molecule has 2 aromatic carbocycles. The molecule has 0 N–H and O–H groups in total. The average molecular weight is 448 g/mol. The molecule has 0 aliphatic rings. The highest BCUT2D eigenvalue weighted by Crippen LogP contribution is 2.30. The second-order valence-electron chi connectivity index (χ2n) is 6.40. The Morgan fingerprint density at radius 1 is 1.20 bits per heavy atom. The van der Waals surface area contributed by atoms with E-state index in [9.17, 15) is 17.6 Å². The number of nitrogens with zero attached hydrogens (tertiary/aromatic N) is 3. The van der Waals surface area contributed by atoms with Crippen LogP contribution in [0.15, 0.2) is 60.0 Å². The van der Waals surface area contributed by atoms with Gasteiger partial charge < -0.3 is 0 Å². The van der Waals surface area contributed by atoms with E-state index in [-0.39, 0.29) is 25.2 Å². The number of anilines is 1. The topological polar surface area (TPSA) is 70.6 Å². The molecule has 0 aliphatic carbocycles. The van der Waals surface area contributed by atoms with Crippen molar-refractivity contribution in [3.05, 3.63) is 66.5 Å². The van der Waals surface area contributed by atoms with E-state index in [2.05, 4.69) is 11.6 Å². The smallest absolute Gasteiger partial charge is 0.260 e. The summed E-state index contributed by atoms with van der Waals surface area (Å²) in [7, 11) is -4.06. The van der Waals surface area contributed by atoms with Gasteiger partial charge in [-0.25, -0.2) is 17.8 Å². The highest BCUT2D eigenvalue weighted by molar-refractivity contribution is 7.89. The molecule has 0 unspecified atom stereocenters. The van der Waals surface area contributed by atoms with Crippen molar-refractivity contribution in [2.45, 2.75) is 18.7 Å². The molecule has 3 aromatic rings. The number of halogens is 1. The van der Waals surface area contributed by atoms with Gasteiger partial charge >= 0.3 is 0 Å². The number of fused-ring (bicyclic) bond motifs is 1. The van der Waals surface area contributed by atoms with Gasteiger partial charge in [-0.3, -0.25) is 9.69 Å². The molecule has 158 valence electrons. The van der Waals surface area contributed by atoms with Crippen molar-refractivity contribution in [1.82, 2.24) is 9.29 Å². The van der Waals surface area contributed by atoms with E-state index in [0.29, 0.717) is 5.13 Å². The number of amides is 1. The van der Waals surface area contributed by atoms with Gasteiger partial charge in [-0.2, -0.15) is 4.31 Å². The van der Waals surface area contributed by atoms with Gasteiger partial charge in [0.2, 0.25) is 10.0 Å². The minimum atomic E-state index is -4.06. The van der Waals surface area contributed by atoms with Gasteiger partial charge in [0.25, 0.3) is 5.91 Å². The summed E-state index contributed by atoms with van der Waals surface area (Å²) in [6, 6.07) is 10.9. The van der Waals surface area contributed by atoms with Crippen LogP contribution >= 0.6 is 11.3 Å². The van der Waals surface area contributed by atoms with Crippen molar-refractivity contribution in [2.24, 2.45) is 0 Å². The van der Waals surface area contributed by atoms with Crippen molar-refractivity contribution < 1.29 is 17.6 Å². The first-order valence-electron chi connectivity index (χ1n) is 9.41. The maximum Gasteiger partial charge on any atom is 0.260 e. The highest BCUT2D eigenvalue weighted by atomic mass is 32.2. The third-order valence-electron chi connectivity index (χ3n) is 4.57. The maximum absolute atomic E-state index is 14.4. The molecule has 0 bridgehead atoms. The number of carbonyl (C=O) groups excluding carboxylic acids is 1. The second kappa shape index (κ2) is 9.03. The zero-order chi connectivity index (χ0) is 21.9. The number of hydrogen-bond donors (Lipinski definition) is 0. The van der Waals surface area contributed by atoms with Gasteiger partial charge in [0.05, 0.1) is 10.2 Å². The Morgan fingerprint density at radius 2 is 1.90 bits per heavy atom. The van der Waals surface area contributed by atoms with Crippen LogP contribution in [-0.4, -0.2) is 43.2 Å².